The number of esters is 1. The number of methoxy groups -OCH3 is 1. The molecule has 0 spiro atoms. The number of carbonyl (C=O) groups excluding carboxylic acids is 4. The maximum atomic E-state index is 13.5. The third kappa shape index (κ3) is 4.23. The molecule has 1 saturated heterocycles. The third-order valence-corrected chi connectivity index (χ3v) is 7.90. The first kappa shape index (κ1) is 25.4. The Morgan fingerprint density at radius 2 is 1.65 bits per heavy atom. The lowest BCUT2D eigenvalue weighted by Crippen LogP contribution is -2.41. The Balaban J connectivity index is 1.44. The number of halogens is 3. The van der Waals surface area contributed by atoms with Gasteiger partial charge in [0.25, 0.3) is 17.7 Å². The van der Waals surface area contributed by atoms with Gasteiger partial charge in [0.1, 0.15) is 5.41 Å². The van der Waals surface area contributed by atoms with Gasteiger partial charge >= 0.3 is 5.97 Å². The summed E-state index contributed by atoms with van der Waals surface area (Å²) >= 11 is 15.7. The Morgan fingerprint density at radius 3 is 2.35 bits per heavy atom. The molecule has 0 N–H and O–H groups in total. The molecule has 0 bridgehead atoms. The molecular weight excluding hydrogens is 583 g/mol. The van der Waals surface area contributed by atoms with Crippen LogP contribution in [0.25, 0.3) is 0 Å². The minimum atomic E-state index is -1.01. The maximum Gasteiger partial charge on any atom is 0.318 e. The highest BCUT2D eigenvalue weighted by atomic mass is 79.9. The molecule has 1 fully saturated rings. The van der Waals surface area contributed by atoms with E-state index in [1.54, 1.807) is 11.0 Å². The average Bonchev–Trinajstić information content (AvgIpc) is 3.45. The van der Waals surface area contributed by atoms with E-state index in [0.717, 1.165) is 14.9 Å². The highest BCUT2D eigenvalue weighted by molar-refractivity contribution is 9.10. The van der Waals surface area contributed by atoms with E-state index in [2.05, 4.69) is 15.9 Å². The third-order valence-electron chi connectivity index (χ3n) is 6.81. The predicted molar refractivity (Wildman–Crippen MR) is 142 cm³/mol. The van der Waals surface area contributed by atoms with Gasteiger partial charge in [-0.1, -0.05) is 51.3 Å². The van der Waals surface area contributed by atoms with Gasteiger partial charge in [-0.3, -0.25) is 19.2 Å². The number of nitrogens with zero attached hydrogens (tertiary/aromatic N) is 2. The van der Waals surface area contributed by atoms with E-state index in [1.807, 2.05) is 24.3 Å². The molecule has 2 heterocycles. The number of amides is 3. The summed E-state index contributed by atoms with van der Waals surface area (Å²) in [6.07, 6.45) is 0.385. The van der Waals surface area contributed by atoms with E-state index < -0.39 is 23.2 Å². The van der Waals surface area contributed by atoms with Gasteiger partial charge < -0.3 is 9.64 Å². The second-order valence-corrected chi connectivity index (χ2v) is 10.6. The second-order valence-electron chi connectivity index (χ2n) is 8.86. The maximum absolute atomic E-state index is 13.5. The first-order chi connectivity index (χ1) is 17.7. The van der Waals surface area contributed by atoms with Crippen molar-refractivity contribution in [2.75, 3.05) is 25.1 Å². The first-order valence-corrected chi connectivity index (χ1v) is 12.8. The minimum absolute atomic E-state index is 0.0956. The van der Waals surface area contributed by atoms with E-state index in [0.29, 0.717) is 18.0 Å². The molecule has 10 heteroatoms. The van der Waals surface area contributed by atoms with Crippen molar-refractivity contribution in [2.24, 2.45) is 0 Å². The molecule has 2 aliphatic heterocycles. The van der Waals surface area contributed by atoms with Crippen LogP contribution in [-0.2, 0) is 14.9 Å². The summed E-state index contributed by atoms with van der Waals surface area (Å²) in [7, 11) is 1.33. The fourth-order valence-corrected chi connectivity index (χ4v) is 5.53. The monoisotopic (exact) mass is 600 g/mol. The van der Waals surface area contributed by atoms with E-state index in [1.165, 1.54) is 37.4 Å². The number of fused-ring (bicyclic) bond motifs is 1. The van der Waals surface area contributed by atoms with Crippen LogP contribution in [0, 0.1) is 0 Å². The zero-order valence-corrected chi connectivity index (χ0v) is 22.6. The summed E-state index contributed by atoms with van der Waals surface area (Å²) in [4.78, 5) is 55.2. The highest BCUT2D eigenvalue weighted by Crippen LogP contribution is 2.38. The van der Waals surface area contributed by atoms with Gasteiger partial charge in [0.2, 0.25) is 0 Å². The largest absolute Gasteiger partial charge is 0.468 e. The second kappa shape index (κ2) is 9.59. The normalized spacial score (nSPS) is 18.8. The fraction of sp³-hybridized carbons (Fsp3) is 0.185. The van der Waals surface area contributed by atoms with Gasteiger partial charge in [0.15, 0.2) is 0 Å². The summed E-state index contributed by atoms with van der Waals surface area (Å²) in [5, 5.41) is 0.514. The molecule has 3 aromatic rings. The quantitative estimate of drug-likeness (QED) is 0.291. The standard InChI is InChI=1S/C27H19BrCl2N2O5/c1-37-26(36)27(16-3-5-17(28)6-4-16)10-11-31(14-27)23(33)15-2-8-19-20(12-15)25(35)32(24(19)34)22-13-18(29)7-9-21(22)30/h2-9,12-13H,10-11,14H2,1H3. The topological polar surface area (TPSA) is 84.0 Å². The first-order valence-electron chi connectivity index (χ1n) is 11.3. The van der Waals surface area contributed by atoms with Crippen molar-refractivity contribution in [3.8, 4) is 0 Å². The number of benzene rings is 3. The summed E-state index contributed by atoms with van der Waals surface area (Å²) < 4.78 is 5.99. The molecule has 3 amide bonds. The van der Waals surface area contributed by atoms with Gasteiger partial charge in [-0.15, -0.1) is 0 Å². The SMILES string of the molecule is COC(=O)C1(c2ccc(Br)cc2)CCN(C(=O)c2ccc3c(c2)C(=O)N(c2cc(Cl)ccc2Cl)C3=O)C1. The molecule has 2 aliphatic rings. The van der Waals surface area contributed by atoms with Crippen LogP contribution < -0.4 is 4.90 Å². The molecule has 3 aromatic carbocycles. The fourth-order valence-electron chi connectivity index (χ4n) is 4.90. The summed E-state index contributed by atoms with van der Waals surface area (Å²) in [6, 6.07) is 16.2. The zero-order chi connectivity index (χ0) is 26.5. The van der Waals surface area contributed by atoms with Crippen LogP contribution >= 0.6 is 39.1 Å². The van der Waals surface area contributed by atoms with Gasteiger partial charge in [0, 0.05) is 28.1 Å². The van der Waals surface area contributed by atoms with E-state index in [9.17, 15) is 19.2 Å². The molecule has 0 radical (unpaired) electrons. The van der Waals surface area contributed by atoms with Crippen molar-refractivity contribution in [3.63, 3.8) is 0 Å². The van der Waals surface area contributed by atoms with Crippen LogP contribution in [0.2, 0.25) is 10.0 Å². The predicted octanol–water partition coefficient (Wildman–Crippen LogP) is 5.51. The van der Waals surface area contributed by atoms with Crippen molar-refractivity contribution in [2.45, 2.75) is 11.8 Å². The number of hydrogen-bond donors (Lipinski definition) is 0. The van der Waals surface area contributed by atoms with Crippen molar-refractivity contribution >= 4 is 68.5 Å². The number of rotatable bonds is 4. The molecular formula is C27H19BrCl2N2O5. The van der Waals surface area contributed by atoms with Gasteiger partial charge in [-0.25, -0.2) is 4.90 Å². The Labute approximate surface area is 231 Å². The molecule has 0 saturated carbocycles. The van der Waals surface area contributed by atoms with Crippen LogP contribution in [0.4, 0.5) is 5.69 Å². The summed E-state index contributed by atoms with van der Waals surface area (Å²) in [5.74, 6) is -1.93. The number of ether oxygens (including phenoxy) is 1. The lowest BCUT2D eigenvalue weighted by molar-refractivity contribution is -0.147. The van der Waals surface area contributed by atoms with Crippen molar-refractivity contribution in [1.82, 2.24) is 4.90 Å². The van der Waals surface area contributed by atoms with E-state index >= 15 is 0 Å². The molecule has 7 nitrogen and oxygen atoms in total. The van der Waals surface area contributed by atoms with Crippen molar-refractivity contribution < 1.29 is 23.9 Å². The number of imide groups is 1. The van der Waals surface area contributed by atoms with Crippen molar-refractivity contribution in [1.29, 1.82) is 0 Å². The van der Waals surface area contributed by atoms with Crippen LogP contribution in [-0.4, -0.2) is 48.8 Å². The zero-order valence-electron chi connectivity index (χ0n) is 19.5. The summed E-state index contributed by atoms with van der Waals surface area (Å²) in [6.45, 7) is 0.437. The van der Waals surface area contributed by atoms with Crippen LogP contribution in [0.5, 0.6) is 0 Å². The van der Waals surface area contributed by atoms with Crippen LogP contribution in [0.1, 0.15) is 43.1 Å². The van der Waals surface area contributed by atoms with E-state index in [4.69, 9.17) is 27.9 Å². The Bertz CT molecular complexity index is 1480. The lowest BCUT2D eigenvalue weighted by atomic mass is 9.79. The molecule has 37 heavy (non-hydrogen) atoms. The number of anilines is 1. The van der Waals surface area contributed by atoms with Gasteiger partial charge in [0.05, 0.1) is 28.9 Å². The van der Waals surface area contributed by atoms with Gasteiger partial charge in [-0.2, -0.15) is 0 Å². The van der Waals surface area contributed by atoms with Crippen molar-refractivity contribution in [3.05, 3.63) is 97.4 Å². The lowest BCUT2D eigenvalue weighted by Gasteiger charge is -2.27. The van der Waals surface area contributed by atoms with Crippen LogP contribution in [0.15, 0.2) is 65.1 Å². The Kier molecular flexibility index (Phi) is 6.60. The molecule has 0 aromatic heterocycles. The Hall–Kier alpha value is -3.20. The number of likely N-dealkylation sites (tertiary alicyclic amines) is 1. The van der Waals surface area contributed by atoms with Crippen LogP contribution in [0.3, 0.4) is 0 Å². The summed E-state index contributed by atoms with van der Waals surface area (Å²) in [5.41, 5.74) is 0.409. The average molecular weight is 602 g/mol. The smallest absolute Gasteiger partial charge is 0.318 e. The number of hydrogen-bond acceptors (Lipinski definition) is 5. The van der Waals surface area contributed by atoms with Gasteiger partial charge in [-0.05, 0) is 60.5 Å². The molecule has 1 unspecified atom stereocenters. The molecule has 1 atom stereocenters. The molecule has 5 rings (SSSR count). The minimum Gasteiger partial charge on any atom is -0.468 e. The highest BCUT2D eigenvalue weighted by Gasteiger charge is 2.49. The molecule has 188 valence electrons. The van der Waals surface area contributed by atoms with E-state index in [-0.39, 0.29) is 39.9 Å². The Morgan fingerprint density at radius 1 is 0.946 bits per heavy atom. The number of carbonyl (C=O) groups is 4. The molecule has 0 aliphatic carbocycles.